The van der Waals surface area contributed by atoms with Crippen LogP contribution in [0.15, 0.2) is 53.7 Å². The molecule has 0 N–H and O–H groups in total. The highest BCUT2D eigenvalue weighted by Crippen LogP contribution is 2.37. The Labute approximate surface area is 137 Å². The van der Waals surface area contributed by atoms with Gasteiger partial charge in [0.15, 0.2) is 0 Å². The summed E-state index contributed by atoms with van der Waals surface area (Å²) in [5.41, 5.74) is 2.12. The fourth-order valence-corrected chi connectivity index (χ4v) is 4.65. The summed E-state index contributed by atoms with van der Waals surface area (Å²) in [6.45, 7) is 0.550. The smallest absolute Gasteiger partial charge is 0.245 e. The first-order valence-corrected chi connectivity index (χ1v) is 9.13. The second-order valence-electron chi connectivity index (χ2n) is 5.95. The second kappa shape index (κ2) is 6.29. The summed E-state index contributed by atoms with van der Waals surface area (Å²) < 4.78 is 27.4. The molecule has 0 amide bonds. The fraction of sp³-hybridized carbons (Fsp3) is 0.353. The molecule has 0 bridgehead atoms. The number of nitrogens with zero attached hydrogens (tertiary/aromatic N) is 3. The van der Waals surface area contributed by atoms with Gasteiger partial charge in [0.1, 0.15) is 4.90 Å². The molecule has 0 saturated carbocycles. The summed E-state index contributed by atoms with van der Waals surface area (Å²) >= 11 is 0. The lowest BCUT2D eigenvalue weighted by atomic mass is 10.0. The van der Waals surface area contributed by atoms with E-state index in [0.29, 0.717) is 6.54 Å². The van der Waals surface area contributed by atoms with E-state index in [9.17, 15) is 8.42 Å². The number of aromatic nitrogens is 1. The standard InChI is InChI=1S/C17H21N3O2S/c1-19(2)15-7-3-6-14(12-15)17-9-5-11-20(17)23(21,22)16-8-4-10-18-13-16/h3-4,6-8,10,12-13,17H,5,9,11H2,1-2H3/t17-/m1/s1. The molecular formula is C17H21N3O2S. The maximum absolute atomic E-state index is 12.9. The van der Waals surface area contributed by atoms with E-state index < -0.39 is 10.0 Å². The average molecular weight is 331 g/mol. The molecule has 3 rings (SSSR count). The minimum atomic E-state index is -3.51. The van der Waals surface area contributed by atoms with E-state index in [-0.39, 0.29) is 10.9 Å². The van der Waals surface area contributed by atoms with E-state index in [2.05, 4.69) is 11.1 Å². The van der Waals surface area contributed by atoms with E-state index in [1.165, 1.54) is 6.20 Å². The molecule has 0 aliphatic carbocycles. The van der Waals surface area contributed by atoms with Crippen LogP contribution in [-0.4, -0.2) is 38.3 Å². The third-order valence-corrected chi connectivity index (χ3v) is 6.11. The van der Waals surface area contributed by atoms with Gasteiger partial charge in [-0.15, -0.1) is 0 Å². The van der Waals surface area contributed by atoms with Gasteiger partial charge in [-0.1, -0.05) is 12.1 Å². The fourth-order valence-electron chi connectivity index (χ4n) is 3.01. The summed E-state index contributed by atoms with van der Waals surface area (Å²) in [5, 5.41) is 0. The molecule has 6 heteroatoms. The molecule has 1 atom stereocenters. The zero-order chi connectivity index (χ0) is 16.4. The molecule has 23 heavy (non-hydrogen) atoms. The molecule has 2 heterocycles. The minimum absolute atomic E-state index is 0.111. The summed E-state index contributed by atoms with van der Waals surface area (Å²) in [4.78, 5) is 6.23. The van der Waals surface area contributed by atoms with Crippen molar-refractivity contribution in [2.45, 2.75) is 23.8 Å². The van der Waals surface area contributed by atoms with Gasteiger partial charge in [-0.3, -0.25) is 4.98 Å². The number of anilines is 1. The zero-order valence-corrected chi connectivity index (χ0v) is 14.2. The molecule has 0 unspecified atom stereocenters. The molecule has 2 aromatic rings. The summed E-state index contributed by atoms with van der Waals surface area (Å²) in [6.07, 6.45) is 4.72. The second-order valence-corrected chi connectivity index (χ2v) is 7.84. The molecular weight excluding hydrogens is 310 g/mol. The summed E-state index contributed by atoms with van der Waals surface area (Å²) in [5.74, 6) is 0. The van der Waals surface area contributed by atoms with Gasteiger partial charge in [0.25, 0.3) is 0 Å². The number of pyridine rings is 1. The SMILES string of the molecule is CN(C)c1cccc([C@H]2CCCN2S(=O)(=O)c2cccnc2)c1. The van der Waals surface area contributed by atoms with E-state index in [1.807, 2.05) is 37.2 Å². The van der Waals surface area contributed by atoms with Crippen LogP contribution in [0, 0.1) is 0 Å². The highest BCUT2D eigenvalue weighted by molar-refractivity contribution is 7.89. The Morgan fingerprint density at radius 1 is 1.22 bits per heavy atom. The van der Waals surface area contributed by atoms with Gasteiger partial charge in [-0.05, 0) is 42.7 Å². The molecule has 1 aliphatic heterocycles. The van der Waals surface area contributed by atoms with Crippen molar-refractivity contribution >= 4 is 15.7 Å². The van der Waals surface area contributed by atoms with Gasteiger partial charge >= 0.3 is 0 Å². The van der Waals surface area contributed by atoms with Crippen LogP contribution >= 0.6 is 0 Å². The number of hydrogen-bond acceptors (Lipinski definition) is 4. The Morgan fingerprint density at radius 2 is 2.04 bits per heavy atom. The van der Waals surface area contributed by atoms with Crippen molar-refractivity contribution in [2.24, 2.45) is 0 Å². The molecule has 1 saturated heterocycles. The third kappa shape index (κ3) is 3.09. The largest absolute Gasteiger partial charge is 0.378 e. The van der Waals surface area contributed by atoms with Crippen LogP contribution in [0.5, 0.6) is 0 Å². The predicted octanol–water partition coefficient (Wildman–Crippen LogP) is 2.67. The van der Waals surface area contributed by atoms with Crippen molar-refractivity contribution < 1.29 is 8.42 Å². The van der Waals surface area contributed by atoms with Crippen LogP contribution in [0.3, 0.4) is 0 Å². The van der Waals surface area contributed by atoms with Crippen LogP contribution in [0.25, 0.3) is 0 Å². The van der Waals surface area contributed by atoms with Gasteiger partial charge < -0.3 is 4.90 Å². The van der Waals surface area contributed by atoms with Crippen molar-refractivity contribution in [3.8, 4) is 0 Å². The molecule has 1 aromatic heterocycles. The van der Waals surface area contributed by atoms with Crippen LogP contribution < -0.4 is 4.90 Å². The minimum Gasteiger partial charge on any atom is -0.378 e. The lowest BCUT2D eigenvalue weighted by Gasteiger charge is -2.25. The zero-order valence-electron chi connectivity index (χ0n) is 13.4. The van der Waals surface area contributed by atoms with Gasteiger partial charge in [0, 0.05) is 38.7 Å². The Morgan fingerprint density at radius 3 is 2.74 bits per heavy atom. The predicted molar refractivity (Wildman–Crippen MR) is 90.9 cm³/mol. The number of benzene rings is 1. The molecule has 1 fully saturated rings. The average Bonchev–Trinajstić information content (AvgIpc) is 3.06. The van der Waals surface area contributed by atoms with Gasteiger partial charge in [0.05, 0.1) is 6.04 Å². The first-order valence-electron chi connectivity index (χ1n) is 7.69. The molecule has 1 aliphatic rings. The van der Waals surface area contributed by atoms with Gasteiger partial charge in [0.2, 0.25) is 10.0 Å². The lowest BCUT2D eigenvalue weighted by molar-refractivity contribution is 0.396. The highest BCUT2D eigenvalue weighted by Gasteiger charge is 2.36. The first kappa shape index (κ1) is 16.0. The maximum atomic E-state index is 12.9. The Balaban J connectivity index is 1.96. The van der Waals surface area contributed by atoms with E-state index in [1.54, 1.807) is 22.6 Å². The van der Waals surface area contributed by atoms with Crippen molar-refractivity contribution in [3.63, 3.8) is 0 Å². The molecule has 5 nitrogen and oxygen atoms in total. The highest BCUT2D eigenvalue weighted by atomic mass is 32.2. The van der Waals surface area contributed by atoms with E-state index >= 15 is 0 Å². The molecule has 0 spiro atoms. The monoisotopic (exact) mass is 331 g/mol. The van der Waals surface area contributed by atoms with Crippen molar-refractivity contribution in [2.75, 3.05) is 25.5 Å². The number of sulfonamides is 1. The maximum Gasteiger partial charge on any atom is 0.245 e. The third-order valence-electron chi connectivity index (χ3n) is 4.22. The Kier molecular flexibility index (Phi) is 4.37. The summed E-state index contributed by atoms with van der Waals surface area (Å²) in [7, 11) is 0.456. The molecule has 1 aromatic carbocycles. The quantitative estimate of drug-likeness (QED) is 0.864. The van der Waals surface area contributed by atoms with Crippen LogP contribution in [0.2, 0.25) is 0 Å². The van der Waals surface area contributed by atoms with E-state index in [0.717, 1.165) is 24.1 Å². The van der Waals surface area contributed by atoms with Gasteiger partial charge in [-0.2, -0.15) is 4.31 Å². The van der Waals surface area contributed by atoms with Crippen molar-refractivity contribution in [1.29, 1.82) is 0 Å². The number of hydrogen-bond donors (Lipinski definition) is 0. The van der Waals surface area contributed by atoms with Gasteiger partial charge in [-0.25, -0.2) is 8.42 Å². The van der Waals surface area contributed by atoms with Crippen LogP contribution in [0.4, 0.5) is 5.69 Å². The van der Waals surface area contributed by atoms with Crippen molar-refractivity contribution in [3.05, 3.63) is 54.4 Å². The van der Waals surface area contributed by atoms with Crippen LogP contribution in [0.1, 0.15) is 24.4 Å². The molecule has 122 valence electrons. The van der Waals surface area contributed by atoms with Crippen LogP contribution in [-0.2, 0) is 10.0 Å². The Hall–Kier alpha value is -1.92. The van der Waals surface area contributed by atoms with E-state index in [4.69, 9.17) is 0 Å². The first-order chi connectivity index (χ1) is 11.0. The normalized spacial score (nSPS) is 19.0. The molecule has 0 radical (unpaired) electrons. The summed E-state index contributed by atoms with van der Waals surface area (Å²) in [6, 6.07) is 11.2. The number of rotatable bonds is 4. The Bertz CT molecular complexity index is 775. The topological polar surface area (TPSA) is 53.5 Å². The van der Waals surface area contributed by atoms with Crippen molar-refractivity contribution in [1.82, 2.24) is 9.29 Å². The lowest BCUT2D eigenvalue weighted by Crippen LogP contribution is -2.30.